The van der Waals surface area contributed by atoms with E-state index in [-0.39, 0.29) is 22.7 Å². The van der Waals surface area contributed by atoms with Crippen LogP contribution in [-0.4, -0.2) is 27.5 Å². The predicted octanol–water partition coefficient (Wildman–Crippen LogP) is 5.81. The third-order valence-corrected chi connectivity index (χ3v) is 8.79. The van der Waals surface area contributed by atoms with Gasteiger partial charge in [-0.3, -0.25) is 4.57 Å². The second kappa shape index (κ2) is 8.18. The Morgan fingerprint density at radius 1 is 1.28 bits per heavy atom. The van der Waals surface area contributed by atoms with Crippen molar-refractivity contribution in [3.8, 4) is 0 Å². The normalized spacial score (nSPS) is 23.0. The molecule has 2 aromatic rings. The van der Waals surface area contributed by atoms with Crippen molar-refractivity contribution in [3.63, 3.8) is 0 Å². The average Bonchev–Trinajstić information content (AvgIpc) is 3.21. The monoisotopic (exact) mass is 450 g/mol. The summed E-state index contributed by atoms with van der Waals surface area (Å²) < 4.78 is 8.04. The van der Waals surface area contributed by atoms with Crippen LogP contribution in [0.3, 0.4) is 0 Å². The predicted molar refractivity (Wildman–Crippen MR) is 131 cm³/mol. The number of rotatable bonds is 4. The van der Waals surface area contributed by atoms with E-state index in [1.807, 2.05) is 4.57 Å². The van der Waals surface area contributed by atoms with Crippen molar-refractivity contribution in [2.45, 2.75) is 87.8 Å². The van der Waals surface area contributed by atoms with Crippen molar-refractivity contribution >= 4 is 11.8 Å². The molecule has 2 aliphatic carbocycles. The average molecular weight is 451 g/mol. The number of benzene rings is 1. The molecule has 1 saturated carbocycles. The maximum absolute atomic E-state index is 13.6. The summed E-state index contributed by atoms with van der Waals surface area (Å²) in [5, 5.41) is 1.14. The molecule has 0 bridgehead atoms. The first-order valence-corrected chi connectivity index (χ1v) is 12.9. The lowest BCUT2D eigenvalue weighted by Gasteiger charge is -2.41. The minimum atomic E-state index is -0.230. The summed E-state index contributed by atoms with van der Waals surface area (Å²) in [6.45, 7) is 11.2. The molecule has 3 aliphatic rings. The lowest BCUT2D eigenvalue weighted by molar-refractivity contribution is -0.0710. The molecule has 170 valence electrons. The first-order chi connectivity index (χ1) is 15.3. The topological polar surface area (TPSA) is 44.1 Å². The van der Waals surface area contributed by atoms with Gasteiger partial charge in [-0.15, -0.1) is 11.8 Å². The summed E-state index contributed by atoms with van der Waals surface area (Å²) >= 11 is 1.80. The Labute approximate surface area is 195 Å². The maximum Gasteiger partial charge on any atom is 0.348 e. The van der Waals surface area contributed by atoms with Gasteiger partial charge in [0.15, 0.2) is 0 Å². The van der Waals surface area contributed by atoms with E-state index in [9.17, 15) is 4.79 Å². The van der Waals surface area contributed by atoms with Crippen LogP contribution in [-0.2, 0) is 16.6 Å². The van der Waals surface area contributed by atoms with Crippen LogP contribution in [0.4, 0.5) is 0 Å². The quantitative estimate of drug-likeness (QED) is 0.335. The molecular formula is C27H34N2O2S. The number of ether oxygens (including phenoxy) is 1. The van der Waals surface area contributed by atoms with Crippen molar-refractivity contribution in [2.24, 2.45) is 0 Å². The number of thioether (sulfide) groups is 1. The Kier molecular flexibility index (Phi) is 5.61. The fourth-order valence-corrected chi connectivity index (χ4v) is 7.40. The highest BCUT2D eigenvalue weighted by Crippen LogP contribution is 2.54. The Morgan fingerprint density at radius 3 is 2.75 bits per heavy atom. The molecule has 1 atom stereocenters. The molecule has 0 N–H and O–H groups in total. The third kappa shape index (κ3) is 3.67. The summed E-state index contributed by atoms with van der Waals surface area (Å²) in [6, 6.07) is 8.97. The van der Waals surface area contributed by atoms with Crippen LogP contribution in [0, 0.1) is 0 Å². The maximum atomic E-state index is 13.6. The smallest absolute Gasteiger partial charge is 0.348 e. The van der Waals surface area contributed by atoms with E-state index in [0.717, 1.165) is 54.1 Å². The minimum Gasteiger partial charge on any atom is -0.375 e. The van der Waals surface area contributed by atoms with Crippen LogP contribution in [0.2, 0.25) is 0 Å². The Morgan fingerprint density at radius 2 is 2.03 bits per heavy atom. The lowest BCUT2D eigenvalue weighted by Crippen LogP contribution is -2.42. The van der Waals surface area contributed by atoms with Crippen molar-refractivity contribution < 1.29 is 4.74 Å². The summed E-state index contributed by atoms with van der Waals surface area (Å²) in [5.41, 5.74) is 5.92. The van der Waals surface area contributed by atoms with E-state index in [1.165, 1.54) is 29.5 Å². The molecule has 1 aromatic carbocycles. The molecule has 2 heterocycles. The fourth-order valence-electron chi connectivity index (χ4n) is 6.19. The van der Waals surface area contributed by atoms with Gasteiger partial charge < -0.3 is 4.74 Å². The van der Waals surface area contributed by atoms with Gasteiger partial charge in [-0.1, -0.05) is 49.3 Å². The number of aromatic nitrogens is 2. The Hall–Kier alpha value is -1.85. The highest BCUT2D eigenvalue weighted by Gasteiger charge is 2.46. The SMILES string of the molecule is C=C(C)CSc1c2c(nc(=O)n1C1CCOC(C)(C)C1)Cc1ccccc1C21CCCC1. The molecule has 2 fully saturated rings. The van der Waals surface area contributed by atoms with Crippen LogP contribution in [0.15, 0.2) is 46.2 Å². The third-order valence-electron chi connectivity index (χ3n) is 7.48. The molecule has 5 heteroatoms. The number of nitrogens with zero attached hydrogens (tertiary/aromatic N) is 2. The van der Waals surface area contributed by atoms with Gasteiger partial charge in [-0.05, 0) is 57.6 Å². The van der Waals surface area contributed by atoms with Crippen molar-refractivity contribution in [1.82, 2.24) is 9.55 Å². The van der Waals surface area contributed by atoms with E-state index >= 15 is 0 Å². The summed E-state index contributed by atoms with van der Waals surface area (Å²) in [5.74, 6) is 0.820. The zero-order valence-corrected chi connectivity index (χ0v) is 20.4. The van der Waals surface area contributed by atoms with Crippen molar-refractivity contribution in [1.29, 1.82) is 0 Å². The molecule has 1 saturated heterocycles. The van der Waals surface area contributed by atoms with Crippen LogP contribution >= 0.6 is 11.8 Å². The van der Waals surface area contributed by atoms with Crippen molar-refractivity contribution in [2.75, 3.05) is 12.4 Å². The Balaban J connectivity index is 1.75. The van der Waals surface area contributed by atoms with Crippen LogP contribution in [0.25, 0.3) is 0 Å². The zero-order chi connectivity index (χ0) is 22.5. The summed E-state index contributed by atoms with van der Waals surface area (Å²) in [6.07, 6.45) is 7.16. The standard InChI is InChI=1S/C27H34N2O2S/c1-18(2)17-32-24-23-22(28-25(30)29(24)20-11-14-31-26(3,4)16-20)15-19-9-5-6-10-21(19)27(23)12-7-8-13-27/h5-6,9-10,20H,1,7-8,11-17H2,2-4H3. The molecule has 1 aliphatic heterocycles. The molecule has 5 rings (SSSR count). The first kappa shape index (κ1) is 22.0. The summed E-state index contributed by atoms with van der Waals surface area (Å²) in [7, 11) is 0. The van der Waals surface area contributed by atoms with Gasteiger partial charge in [-0.25, -0.2) is 4.79 Å². The Bertz CT molecular complexity index is 1110. The van der Waals surface area contributed by atoms with Crippen LogP contribution in [0.1, 0.15) is 87.7 Å². The largest absolute Gasteiger partial charge is 0.375 e. The van der Waals surface area contributed by atoms with Crippen LogP contribution < -0.4 is 5.69 Å². The van der Waals surface area contributed by atoms with E-state index in [1.54, 1.807) is 11.8 Å². The first-order valence-electron chi connectivity index (χ1n) is 12.0. The van der Waals surface area contributed by atoms with Crippen LogP contribution in [0.5, 0.6) is 0 Å². The molecule has 1 unspecified atom stereocenters. The molecule has 0 amide bonds. The summed E-state index contributed by atoms with van der Waals surface area (Å²) in [4.78, 5) is 18.3. The van der Waals surface area contributed by atoms with Gasteiger partial charge in [-0.2, -0.15) is 4.98 Å². The second-order valence-corrected chi connectivity index (χ2v) is 11.5. The molecular weight excluding hydrogens is 416 g/mol. The lowest BCUT2D eigenvalue weighted by atomic mass is 9.67. The van der Waals surface area contributed by atoms with Gasteiger partial charge >= 0.3 is 5.69 Å². The molecule has 4 nitrogen and oxygen atoms in total. The van der Waals surface area contributed by atoms with E-state index in [0.29, 0.717) is 6.61 Å². The van der Waals surface area contributed by atoms with Gasteiger partial charge in [0, 0.05) is 35.8 Å². The fraction of sp³-hybridized carbons (Fsp3) is 0.556. The van der Waals surface area contributed by atoms with Gasteiger partial charge in [0.05, 0.1) is 16.3 Å². The molecule has 1 aromatic heterocycles. The van der Waals surface area contributed by atoms with Gasteiger partial charge in [0.25, 0.3) is 0 Å². The molecule has 1 spiro atoms. The molecule has 32 heavy (non-hydrogen) atoms. The van der Waals surface area contributed by atoms with E-state index in [4.69, 9.17) is 9.72 Å². The highest BCUT2D eigenvalue weighted by atomic mass is 32.2. The zero-order valence-electron chi connectivity index (χ0n) is 19.6. The minimum absolute atomic E-state index is 0.0231. The number of fused-ring (bicyclic) bond motifs is 4. The molecule has 0 radical (unpaired) electrons. The van der Waals surface area contributed by atoms with Gasteiger partial charge in [0.2, 0.25) is 0 Å². The number of hydrogen-bond acceptors (Lipinski definition) is 4. The number of hydrogen-bond donors (Lipinski definition) is 0. The van der Waals surface area contributed by atoms with Crippen molar-refractivity contribution in [3.05, 3.63) is 69.3 Å². The van der Waals surface area contributed by atoms with E-state index < -0.39 is 0 Å². The van der Waals surface area contributed by atoms with E-state index in [2.05, 4.69) is 51.6 Å². The highest BCUT2D eigenvalue weighted by molar-refractivity contribution is 7.99. The second-order valence-electron chi connectivity index (χ2n) is 10.5. The van der Waals surface area contributed by atoms with Gasteiger partial charge in [0.1, 0.15) is 0 Å².